The number of hydrogen-bond donors (Lipinski definition) is 1. The lowest BCUT2D eigenvalue weighted by Crippen LogP contribution is -2.28. The molecular weight excluding hydrogens is 112 g/mol. The fourth-order valence-electron chi connectivity index (χ4n) is 0.822. The number of nitrogens with one attached hydrogen (secondary N) is 1. The third-order valence-corrected chi connectivity index (χ3v) is 1.33. The summed E-state index contributed by atoms with van der Waals surface area (Å²) in [5.74, 6) is 0. The van der Waals surface area contributed by atoms with E-state index in [0.29, 0.717) is 6.04 Å². The second-order valence-corrected chi connectivity index (χ2v) is 2.24. The number of rotatable bonds is 1. The standard InChI is InChI=1S/C7H12N2/c1-3-7-5-8-4-6(2)9-7/h4-6,9H,3H2,1-2H3. The minimum absolute atomic E-state index is 0.407. The first-order chi connectivity index (χ1) is 4.33. The Morgan fingerprint density at radius 2 is 2.56 bits per heavy atom. The zero-order valence-corrected chi connectivity index (χ0v) is 5.89. The largest absolute Gasteiger partial charge is 0.380 e. The van der Waals surface area contributed by atoms with E-state index in [4.69, 9.17) is 0 Å². The molecule has 1 rings (SSSR count). The van der Waals surface area contributed by atoms with Crippen LogP contribution in [0.2, 0.25) is 0 Å². The van der Waals surface area contributed by atoms with Gasteiger partial charge in [0.05, 0.1) is 6.04 Å². The van der Waals surface area contributed by atoms with Gasteiger partial charge in [0.1, 0.15) is 0 Å². The maximum absolute atomic E-state index is 4.06. The van der Waals surface area contributed by atoms with Gasteiger partial charge in [0, 0.05) is 18.1 Å². The zero-order valence-electron chi connectivity index (χ0n) is 5.89. The summed E-state index contributed by atoms with van der Waals surface area (Å²) in [7, 11) is 0. The molecular formula is C7H12N2. The van der Waals surface area contributed by atoms with Gasteiger partial charge in [-0.1, -0.05) is 6.92 Å². The van der Waals surface area contributed by atoms with Crippen LogP contribution < -0.4 is 5.32 Å². The van der Waals surface area contributed by atoms with Gasteiger partial charge in [-0.2, -0.15) is 0 Å². The molecule has 0 fully saturated rings. The predicted molar refractivity (Wildman–Crippen MR) is 39.5 cm³/mol. The molecule has 0 aromatic heterocycles. The van der Waals surface area contributed by atoms with E-state index >= 15 is 0 Å². The maximum Gasteiger partial charge on any atom is 0.0585 e. The lowest BCUT2D eigenvalue weighted by molar-refractivity contribution is 0.724. The Morgan fingerprint density at radius 1 is 1.78 bits per heavy atom. The zero-order chi connectivity index (χ0) is 6.69. The molecule has 0 radical (unpaired) electrons. The Balaban J connectivity index is 2.55. The van der Waals surface area contributed by atoms with Crippen molar-refractivity contribution < 1.29 is 0 Å². The first kappa shape index (κ1) is 6.33. The molecule has 50 valence electrons. The Morgan fingerprint density at radius 3 is 3.00 bits per heavy atom. The average molecular weight is 124 g/mol. The summed E-state index contributed by atoms with van der Waals surface area (Å²) in [6.07, 6.45) is 4.82. The lowest BCUT2D eigenvalue weighted by atomic mass is 10.2. The van der Waals surface area contributed by atoms with Crippen molar-refractivity contribution in [2.45, 2.75) is 26.3 Å². The fraction of sp³-hybridized carbons (Fsp3) is 0.571. The van der Waals surface area contributed by atoms with Crippen molar-refractivity contribution in [1.29, 1.82) is 0 Å². The van der Waals surface area contributed by atoms with Crippen molar-refractivity contribution in [3.05, 3.63) is 11.9 Å². The van der Waals surface area contributed by atoms with Gasteiger partial charge in [-0.25, -0.2) is 0 Å². The number of allylic oxidation sites excluding steroid dienone is 1. The van der Waals surface area contributed by atoms with Gasteiger partial charge in [0.2, 0.25) is 0 Å². The van der Waals surface area contributed by atoms with Crippen LogP contribution in [-0.2, 0) is 0 Å². The summed E-state index contributed by atoms with van der Waals surface area (Å²) in [4.78, 5) is 4.06. The topological polar surface area (TPSA) is 24.4 Å². The summed E-state index contributed by atoms with van der Waals surface area (Å²) in [5, 5.41) is 3.28. The van der Waals surface area contributed by atoms with Gasteiger partial charge in [0.25, 0.3) is 0 Å². The molecule has 0 aromatic rings. The molecule has 1 atom stereocenters. The van der Waals surface area contributed by atoms with Crippen LogP contribution >= 0.6 is 0 Å². The Labute approximate surface area is 55.7 Å². The molecule has 1 aliphatic heterocycles. The van der Waals surface area contributed by atoms with Crippen molar-refractivity contribution in [2.75, 3.05) is 0 Å². The molecule has 2 heteroatoms. The number of hydrogen-bond acceptors (Lipinski definition) is 2. The molecule has 0 amide bonds. The second-order valence-electron chi connectivity index (χ2n) is 2.24. The van der Waals surface area contributed by atoms with Crippen LogP contribution in [0.1, 0.15) is 20.3 Å². The van der Waals surface area contributed by atoms with Gasteiger partial charge in [-0.3, -0.25) is 4.99 Å². The van der Waals surface area contributed by atoms with Crippen LogP contribution in [0.5, 0.6) is 0 Å². The molecule has 1 N–H and O–H groups in total. The van der Waals surface area contributed by atoms with E-state index in [1.165, 1.54) is 5.70 Å². The molecule has 1 aliphatic rings. The highest BCUT2D eigenvalue weighted by Gasteiger charge is 2.01. The van der Waals surface area contributed by atoms with Crippen molar-refractivity contribution in [3.8, 4) is 0 Å². The Hall–Kier alpha value is -0.790. The minimum Gasteiger partial charge on any atom is -0.380 e. The maximum atomic E-state index is 4.06. The Bertz CT molecular complexity index is 147. The third-order valence-electron chi connectivity index (χ3n) is 1.33. The van der Waals surface area contributed by atoms with E-state index in [-0.39, 0.29) is 0 Å². The van der Waals surface area contributed by atoms with Crippen molar-refractivity contribution >= 4 is 6.21 Å². The molecule has 0 saturated heterocycles. The molecule has 1 unspecified atom stereocenters. The Kier molecular flexibility index (Phi) is 1.88. The summed E-state index contributed by atoms with van der Waals surface area (Å²) in [5.41, 5.74) is 1.23. The molecule has 0 saturated carbocycles. The van der Waals surface area contributed by atoms with E-state index in [1.807, 2.05) is 12.4 Å². The van der Waals surface area contributed by atoms with Gasteiger partial charge in [0.15, 0.2) is 0 Å². The number of aliphatic imine (C=N–C) groups is 1. The smallest absolute Gasteiger partial charge is 0.0585 e. The molecule has 0 bridgehead atoms. The van der Waals surface area contributed by atoms with Crippen LogP contribution in [0, 0.1) is 0 Å². The first-order valence-electron chi connectivity index (χ1n) is 3.32. The highest BCUT2D eigenvalue weighted by atomic mass is 15.0. The van der Waals surface area contributed by atoms with Gasteiger partial charge in [-0.15, -0.1) is 0 Å². The summed E-state index contributed by atoms with van der Waals surface area (Å²) in [6, 6.07) is 0.407. The SMILES string of the molecule is CCC1=CN=CC(C)N1. The molecule has 2 nitrogen and oxygen atoms in total. The quantitative estimate of drug-likeness (QED) is 0.559. The van der Waals surface area contributed by atoms with Crippen molar-refractivity contribution in [1.82, 2.24) is 5.32 Å². The van der Waals surface area contributed by atoms with E-state index in [0.717, 1.165) is 6.42 Å². The molecule has 1 heterocycles. The molecule has 0 aliphatic carbocycles. The van der Waals surface area contributed by atoms with Crippen LogP contribution in [0.4, 0.5) is 0 Å². The van der Waals surface area contributed by atoms with Crippen molar-refractivity contribution in [3.63, 3.8) is 0 Å². The minimum atomic E-state index is 0.407. The van der Waals surface area contributed by atoms with Crippen molar-refractivity contribution in [2.24, 2.45) is 4.99 Å². The number of nitrogens with zero attached hydrogens (tertiary/aromatic N) is 1. The van der Waals surface area contributed by atoms with Gasteiger partial charge in [-0.05, 0) is 13.3 Å². The highest BCUT2D eigenvalue weighted by molar-refractivity contribution is 5.66. The van der Waals surface area contributed by atoms with E-state index in [2.05, 4.69) is 24.2 Å². The van der Waals surface area contributed by atoms with Gasteiger partial charge < -0.3 is 5.32 Å². The molecule has 0 spiro atoms. The van der Waals surface area contributed by atoms with E-state index in [9.17, 15) is 0 Å². The second kappa shape index (κ2) is 2.67. The van der Waals surface area contributed by atoms with E-state index in [1.54, 1.807) is 0 Å². The van der Waals surface area contributed by atoms with Crippen LogP contribution in [0.15, 0.2) is 16.9 Å². The predicted octanol–water partition coefficient (Wildman–Crippen LogP) is 1.30. The van der Waals surface area contributed by atoms with Crippen LogP contribution in [0.25, 0.3) is 0 Å². The molecule has 0 aromatic carbocycles. The van der Waals surface area contributed by atoms with Gasteiger partial charge >= 0.3 is 0 Å². The lowest BCUT2D eigenvalue weighted by Gasteiger charge is -2.15. The van der Waals surface area contributed by atoms with Crippen LogP contribution in [-0.4, -0.2) is 12.3 Å². The normalized spacial score (nSPS) is 25.1. The first-order valence-corrected chi connectivity index (χ1v) is 3.32. The van der Waals surface area contributed by atoms with E-state index < -0.39 is 0 Å². The fourth-order valence-corrected chi connectivity index (χ4v) is 0.822. The summed E-state index contributed by atoms with van der Waals surface area (Å²) >= 11 is 0. The monoisotopic (exact) mass is 124 g/mol. The molecule has 9 heavy (non-hydrogen) atoms. The third kappa shape index (κ3) is 1.56. The van der Waals surface area contributed by atoms with Crippen LogP contribution in [0.3, 0.4) is 0 Å². The average Bonchev–Trinajstić information content (AvgIpc) is 1.88. The highest BCUT2D eigenvalue weighted by Crippen LogP contribution is 2.00. The summed E-state index contributed by atoms with van der Waals surface area (Å²) < 4.78 is 0. The summed E-state index contributed by atoms with van der Waals surface area (Å²) in [6.45, 7) is 4.21.